The van der Waals surface area contributed by atoms with Crippen LogP contribution in [0, 0.1) is 0 Å². The molecular formula is C9H11BCl2O3. The molecule has 0 amide bonds. The molecule has 0 aliphatic heterocycles. The summed E-state index contributed by atoms with van der Waals surface area (Å²) in [4.78, 5) is 0. The van der Waals surface area contributed by atoms with Crippen LogP contribution in [-0.4, -0.2) is 23.8 Å². The Kier molecular flexibility index (Phi) is 4.73. The van der Waals surface area contributed by atoms with E-state index in [0.717, 1.165) is 6.42 Å². The Bertz CT molecular complexity index is 321. The lowest BCUT2D eigenvalue weighted by molar-refractivity contribution is 0.318. The van der Waals surface area contributed by atoms with Gasteiger partial charge in [0.15, 0.2) is 5.75 Å². The zero-order valence-corrected chi connectivity index (χ0v) is 9.72. The second-order valence-electron chi connectivity index (χ2n) is 3.04. The fraction of sp³-hybridized carbons (Fsp3) is 0.333. The molecule has 0 spiro atoms. The molecular weight excluding hydrogens is 238 g/mol. The predicted molar refractivity (Wildman–Crippen MR) is 62.1 cm³/mol. The third-order valence-corrected chi connectivity index (χ3v) is 2.33. The minimum atomic E-state index is -1.58. The monoisotopic (exact) mass is 248 g/mol. The lowest BCUT2D eigenvalue weighted by Crippen LogP contribution is -2.29. The maximum absolute atomic E-state index is 8.94. The van der Waals surface area contributed by atoms with Crippen LogP contribution in [0.25, 0.3) is 0 Å². The first-order valence-corrected chi connectivity index (χ1v) is 5.29. The molecule has 0 aliphatic rings. The molecule has 0 aromatic heterocycles. The summed E-state index contributed by atoms with van der Waals surface area (Å²) >= 11 is 11.8. The van der Waals surface area contributed by atoms with Crippen molar-refractivity contribution in [2.24, 2.45) is 0 Å². The Morgan fingerprint density at radius 1 is 1.27 bits per heavy atom. The molecule has 0 heterocycles. The van der Waals surface area contributed by atoms with Crippen molar-refractivity contribution in [1.29, 1.82) is 0 Å². The average molecular weight is 249 g/mol. The van der Waals surface area contributed by atoms with Crippen molar-refractivity contribution in [3.8, 4) is 5.75 Å². The third kappa shape index (κ3) is 3.28. The maximum Gasteiger partial charge on any atom is 0.488 e. The van der Waals surface area contributed by atoms with E-state index in [-0.39, 0.29) is 15.5 Å². The highest BCUT2D eigenvalue weighted by molar-refractivity contribution is 6.59. The van der Waals surface area contributed by atoms with E-state index in [4.69, 9.17) is 38.0 Å². The van der Waals surface area contributed by atoms with Crippen LogP contribution in [0.3, 0.4) is 0 Å². The fourth-order valence-electron chi connectivity index (χ4n) is 1.07. The average Bonchev–Trinajstić information content (AvgIpc) is 2.16. The summed E-state index contributed by atoms with van der Waals surface area (Å²) in [6.07, 6.45) is 0.844. The van der Waals surface area contributed by atoms with Crippen LogP contribution >= 0.6 is 23.2 Å². The number of halogens is 2. The van der Waals surface area contributed by atoms with E-state index in [1.54, 1.807) is 0 Å². The van der Waals surface area contributed by atoms with Crippen LogP contribution < -0.4 is 10.2 Å². The molecule has 1 aromatic carbocycles. The molecule has 15 heavy (non-hydrogen) atoms. The van der Waals surface area contributed by atoms with Crippen molar-refractivity contribution in [2.75, 3.05) is 6.61 Å². The van der Waals surface area contributed by atoms with Crippen LogP contribution in [0.15, 0.2) is 12.1 Å². The van der Waals surface area contributed by atoms with E-state index >= 15 is 0 Å². The second kappa shape index (κ2) is 5.61. The minimum absolute atomic E-state index is 0.244. The van der Waals surface area contributed by atoms with E-state index in [1.807, 2.05) is 6.92 Å². The maximum atomic E-state index is 8.94. The van der Waals surface area contributed by atoms with Gasteiger partial charge in [0.2, 0.25) is 0 Å². The molecule has 0 aliphatic carbocycles. The quantitative estimate of drug-likeness (QED) is 0.794. The molecule has 1 aromatic rings. The van der Waals surface area contributed by atoms with Gasteiger partial charge in [0.1, 0.15) is 0 Å². The van der Waals surface area contributed by atoms with E-state index in [9.17, 15) is 0 Å². The summed E-state index contributed by atoms with van der Waals surface area (Å²) in [5.74, 6) is 0.379. The molecule has 0 fully saturated rings. The molecule has 0 saturated heterocycles. The molecule has 1 rings (SSSR count). The number of ether oxygens (including phenoxy) is 1. The molecule has 6 heteroatoms. The largest absolute Gasteiger partial charge is 0.490 e. The summed E-state index contributed by atoms with van der Waals surface area (Å²) in [6, 6.07) is 2.84. The predicted octanol–water partition coefficient (Wildman–Crippen LogP) is 1.46. The molecule has 3 nitrogen and oxygen atoms in total. The van der Waals surface area contributed by atoms with Crippen LogP contribution in [-0.2, 0) is 0 Å². The van der Waals surface area contributed by atoms with Crippen molar-refractivity contribution in [2.45, 2.75) is 13.3 Å². The topological polar surface area (TPSA) is 49.7 Å². The molecule has 82 valence electrons. The summed E-state index contributed by atoms with van der Waals surface area (Å²) < 4.78 is 5.32. The highest BCUT2D eigenvalue weighted by Crippen LogP contribution is 2.31. The molecule has 0 bridgehead atoms. The summed E-state index contributed by atoms with van der Waals surface area (Å²) in [7, 11) is -1.58. The minimum Gasteiger partial charge on any atom is -0.490 e. The second-order valence-corrected chi connectivity index (χ2v) is 3.85. The van der Waals surface area contributed by atoms with Crippen LogP contribution in [0.4, 0.5) is 0 Å². The van der Waals surface area contributed by atoms with Gasteiger partial charge in [-0.1, -0.05) is 30.1 Å². The molecule has 0 atom stereocenters. The van der Waals surface area contributed by atoms with E-state index in [2.05, 4.69) is 0 Å². The van der Waals surface area contributed by atoms with Crippen molar-refractivity contribution >= 4 is 35.8 Å². The highest BCUT2D eigenvalue weighted by Gasteiger charge is 2.16. The Morgan fingerprint density at radius 2 is 1.80 bits per heavy atom. The Labute approximate surface area is 98.7 Å². The van der Waals surface area contributed by atoms with Gasteiger partial charge in [0.25, 0.3) is 0 Å². The Hall–Kier alpha value is -0.415. The SMILES string of the molecule is CCCOc1c(Cl)cc(B(O)O)cc1Cl. The summed E-state index contributed by atoms with van der Waals surface area (Å²) in [5, 5.41) is 18.4. The smallest absolute Gasteiger partial charge is 0.488 e. The molecule has 0 unspecified atom stereocenters. The first kappa shape index (κ1) is 12.7. The van der Waals surface area contributed by atoms with Gasteiger partial charge in [-0.15, -0.1) is 0 Å². The first-order valence-electron chi connectivity index (χ1n) is 4.54. The van der Waals surface area contributed by atoms with Gasteiger partial charge in [-0.25, -0.2) is 0 Å². The van der Waals surface area contributed by atoms with Crippen molar-refractivity contribution in [3.05, 3.63) is 22.2 Å². The van der Waals surface area contributed by atoms with E-state index in [0.29, 0.717) is 12.4 Å². The molecule has 2 N–H and O–H groups in total. The molecule has 0 radical (unpaired) electrons. The van der Waals surface area contributed by atoms with Crippen LogP contribution in [0.1, 0.15) is 13.3 Å². The molecule has 0 saturated carbocycles. The van der Waals surface area contributed by atoms with Gasteiger partial charge in [0, 0.05) is 0 Å². The Balaban J connectivity index is 2.99. The Morgan fingerprint density at radius 3 is 2.20 bits per heavy atom. The van der Waals surface area contributed by atoms with Gasteiger partial charge < -0.3 is 14.8 Å². The van der Waals surface area contributed by atoms with Crippen LogP contribution in [0.5, 0.6) is 5.75 Å². The van der Waals surface area contributed by atoms with Gasteiger partial charge in [-0.05, 0) is 24.0 Å². The number of hydrogen-bond acceptors (Lipinski definition) is 3. The highest BCUT2D eigenvalue weighted by atomic mass is 35.5. The number of hydrogen-bond donors (Lipinski definition) is 2. The fourth-order valence-corrected chi connectivity index (χ4v) is 1.68. The lowest BCUT2D eigenvalue weighted by atomic mass is 9.80. The summed E-state index contributed by atoms with van der Waals surface area (Å²) in [6.45, 7) is 2.48. The standard InChI is InChI=1S/C9H11BCl2O3/c1-2-3-15-9-7(11)4-6(10(13)14)5-8(9)12/h4-5,13-14H,2-3H2,1H3. The van der Waals surface area contributed by atoms with Crippen LogP contribution in [0.2, 0.25) is 10.0 Å². The lowest BCUT2D eigenvalue weighted by Gasteiger charge is -2.10. The summed E-state index contributed by atoms with van der Waals surface area (Å²) in [5.41, 5.74) is 0.244. The van der Waals surface area contributed by atoms with Gasteiger partial charge in [0.05, 0.1) is 16.7 Å². The van der Waals surface area contributed by atoms with E-state index in [1.165, 1.54) is 12.1 Å². The van der Waals surface area contributed by atoms with E-state index < -0.39 is 7.12 Å². The number of benzene rings is 1. The van der Waals surface area contributed by atoms with Crippen molar-refractivity contribution < 1.29 is 14.8 Å². The third-order valence-electron chi connectivity index (χ3n) is 1.77. The number of rotatable bonds is 4. The zero-order valence-electron chi connectivity index (χ0n) is 8.20. The van der Waals surface area contributed by atoms with Crippen molar-refractivity contribution in [3.63, 3.8) is 0 Å². The van der Waals surface area contributed by atoms with Gasteiger partial charge in [-0.2, -0.15) is 0 Å². The van der Waals surface area contributed by atoms with Gasteiger partial charge in [-0.3, -0.25) is 0 Å². The zero-order chi connectivity index (χ0) is 11.4. The van der Waals surface area contributed by atoms with Gasteiger partial charge >= 0.3 is 7.12 Å². The first-order chi connectivity index (χ1) is 7.06. The van der Waals surface area contributed by atoms with Crippen molar-refractivity contribution in [1.82, 2.24) is 0 Å². The normalized spacial score (nSPS) is 10.2.